The summed E-state index contributed by atoms with van der Waals surface area (Å²) in [6.45, 7) is 8.94. The molecule has 0 aliphatic carbocycles. The Morgan fingerprint density at radius 1 is 1.29 bits per heavy atom. The molecule has 0 spiro atoms. The summed E-state index contributed by atoms with van der Waals surface area (Å²) in [6, 6.07) is 8.78. The molecule has 0 radical (unpaired) electrons. The van der Waals surface area contributed by atoms with Gasteiger partial charge in [-0.1, -0.05) is 59.6 Å². The molecule has 1 unspecified atom stereocenters. The maximum atomic E-state index is 3.62. The summed E-state index contributed by atoms with van der Waals surface area (Å²) in [5.41, 5.74) is 2.75. The standard InChI is InChI=1S/C15H24BrN/c1-12(2)15(9-16)11-17(4)10-14-7-5-6-13(3)8-14/h5-8,12,15H,9-11H2,1-4H3. The van der Waals surface area contributed by atoms with Gasteiger partial charge in [0.2, 0.25) is 0 Å². The van der Waals surface area contributed by atoms with Gasteiger partial charge in [-0.25, -0.2) is 0 Å². The molecule has 0 N–H and O–H groups in total. The number of halogens is 1. The number of benzene rings is 1. The van der Waals surface area contributed by atoms with E-state index in [1.165, 1.54) is 11.1 Å². The molecular formula is C15H24BrN. The zero-order chi connectivity index (χ0) is 12.8. The van der Waals surface area contributed by atoms with E-state index in [-0.39, 0.29) is 0 Å². The lowest BCUT2D eigenvalue weighted by Crippen LogP contribution is -2.29. The Bertz CT molecular complexity index is 335. The van der Waals surface area contributed by atoms with Crippen molar-refractivity contribution in [1.29, 1.82) is 0 Å². The molecule has 0 heterocycles. The van der Waals surface area contributed by atoms with Crippen molar-refractivity contribution in [3.05, 3.63) is 35.4 Å². The molecular weight excluding hydrogens is 274 g/mol. The van der Waals surface area contributed by atoms with Gasteiger partial charge in [-0.05, 0) is 31.4 Å². The van der Waals surface area contributed by atoms with Crippen LogP contribution < -0.4 is 0 Å². The second-order valence-corrected chi connectivity index (χ2v) is 5.99. The van der Waals surface area contributed by atoms with Crippen LogP contribution in [0.4, 0.5) is 0 Å². The number of nitrogens with zero attached hydrogens (tertiary/aromatic N) is 1. The molecule has 0 aliphatic heterocycles. The molecule has 0 saturated heterocycles. The second-order valence-electron chi connectivity index (χ2n) is 5.34. The van der Waals surface area contributed by atoms with E-state index < -0.39 is 0 Å². The minimum absolute atomic E-state index is 0.727. The number of aryl methyl sites for hydroxylation is 1. The fourth-order valence-corrected chi connectivity index (χ4v) is 2.98. The summed E-state index contributed by atoms with van der Waals surface area (Å²) in [5, 5.41) is 1.09. The van der Waals surface area contributed by atoms with Crippen molar-refractivity contribution in [2.45, 2.75) is 27.3 Å². The van der Waals surface area contributed by atoms with Gasteiger partial charge < -0.3 is 4.90 Å². The third kappa shape index (κ3) is 5.22. The molecule has 0 fully saturated rings. The molecule has 2 heteroatoms. The van der Waals surface area contributed by atoms with Gasteiger partial charge in [-0.2, -0.15) is 0 Å². The number of hydrogen-bond acceptors (Lipinski definition) is 1. The monoisotopic (exact) mass is 297 g/mol. The maximum Gasteiger partial charge on any atom is 0.0230 e. The number of rotatable bonds is 6. The van der Waals surface area contributed by atoms with Crippen molar-refractivity contribution < 1.29 is 0 Å². The Morgan fingerprint density at radius 2 is 2.00 bits per heavy atom. The highest BCUT2D eigenvalue weighted by molar-refractivity contribution is 9.09. The van der Waals surface area contributed by atoms with Crippen molar-refractivity contribution in [1.82, 2.24) is 4.90 Å². The molecule has 96 valence electrons. The highest BCUT2D eigenvalue weighted by Gasteiger charge is 2.14. The first kappa shape index (κ1) is 14.7. The zero-order valence-corrected chi connectivity index (χ0v) is 13.0. The van der Waals surface area contributed by atoms with Crippen LogP contribution in [0.25, 0.3) is 0 Å². The molecule has 1 aromatic rings. The van der Waals surface area contributed by atoms with Crippen LogP contribution in [-0.2, 0) is 6.54 Å². The lowest BCUT2D eigenvalue weighted by molar-refractivity contribution is 0.247. The van der Waals surface area contributed by atoms with Crippen molar-refractivity contribution >= 4 is 15.9 Å². The average Bonchev–Trinajstić information content (AvgIpc) is 2.25. The highest BCUT2D eigenvalue weighted by atomic mass is 79.9. The van der Waals surface area contributed by atoms with Crippen LogP contribution >= 0.6 is 15.9 Å². The molecule has 0 aliphatic rings. The van der Waals surface area contributed by atoms with Crippen LogP contribution in [0.15, 0.2) is 24.3 Å². The van der Waals surface area contributed by atoms with E-state index in [0.717, 1.165) is 30.3 Å². The van der Waals surface area contributed by atoms with E-state index in [4.69, 9.17) is 0 Å². The Kier molecular flexibility index (Phi) is 6.21. The third-order valence-corrected chi connectivity index (χ3v) is 4.05. The van der Waals surface area contributed by atoms with Crippen molar-refractivity contribution in [3.63, 3.8) is 0 Å². The largest absolute Gasteiger partial charge is 0.302 e. The minimum atomic E-state index is 0.727. The van der Waals surface area contributed by atoms with Crippen LogP contribution in [-0.4, -0.2) is 23.8 Å². The van der Waals surface area contributed by atoms with E-state index in [1.807, 2.05) is 0 Å². The Morgan fingerprint density at radius 3 is 2.53 bits per heavy atom. The van der Waals surface area contributed by atoms with Crippen LogP contribution in [0, 0.1) is 18.8 Å². The predicted molar refractivity (Wildman–Crippen MR) is 79.6 cm³/mol. The van der Waals surface area contributed by atoms with Crippen molar-refractivity contribution in [2.24, 2.45) is 11.8 Å². The first-order valence-electron chi connectivity index (χ1n) is 6.33. The normalized spacial score (nSPS) is 13.4. The van der Waals surface area contributed by atoms with Gasteiger partial charge >= 0.3 is 0 Å². The van der Waals surface area contributed by atoms with E-state index in [1.54, 1.807) is 0 Å². The SMILES string of the molecule is Cc1cccc(CN(C)CC(CBr)C(C)C)c1. The molecule has 0 bridgehead atoms. The van der Waals surface area contributed by atoms with E-state index in [9.17, 15) is 0 Å². The predicted octanol–water partition coefficient (Wildman–Crippen LogP) is 4.09. The summed E-state index contributed by atoms with van der Waals surface area (Å²) in [7, 11) is 2.21. The topological polar surface area (TPSA) is 3.24 Å². The van der Waals surface area contributed by atoms with Crippen molar-refractivity contribution in [2.75, 3.05) is 18.9 Å². The third-order valence-electron chi connectivity index (χ3n) is 3.22. The molecule has 0 amide bonds. The van der Waals surface area contributed by atoms with Gasteiger partial charge in [0, 0.05) is 18.4 Å². The summed E-state index contributed by atoms with van der Waals surface area (Å²) in [6.07, 6.45) is 0. The fourth-order valence-electron chi connectivity index (χ4n) is 2.02. The molecule has 1 nitrogen and oxygen atoms in total. The van der Waals surface area contributed by atoms with Crippen LogP contribution in [0.3, 0.4) is 0 Å². The summed E-state index contributed by atoms with van der Waals surface area (Å²) in [4.78, 5) is 2.42. The molecule has 1 rings (SSSR count). The van der Waals surface area contributed by atoms with Crippen LogP contribution in [0.2, 0.25) is 0 Å². The Hall–Kier alpha value is -0.340. The Balaban J connectivity index is 2.51. The lowest BCUT2D eigenvalue weighted by atomic mass is 9.97. The van der Waals surface area contributed by atoms with Gasteiger partial charge in [0.15, 0.2) is 0 Å². The minimum Gasteiger partial charge on any atom is -0.302 e. The first-order valence-corrected chi connectivity index (χ1v) is 7.45. The molecule has 17 heavy (non-hydrogen) atoms. The second kappa shape index (κ2) is 7.17. The molecule has 0 saturated carbocycles. The van der Waals surface area contributed by atoms with Crippen LogP contribution in [0.5, 0.6) is 0 Å². The molecule has 0 aromatic heterocycles. The fraction of sp³-hybridized carbons (Fsp3) is 0.600. The lowest BCUT2D eigenvalue weighted by Gasteiger charge is -2.25. The van der Waals surface area contributed by atoms with Gasteiger partial charge in [-0.3, -0.25) is 0 Å². The first-order chi connectivity index (χ1) is 8.02. The molecule has 1 atom stereocenters. The smallest absolute Gasteiger partial charge is 0.0230 e. The summed E-state index contributed by atoms with van der Waals surface area (Å²) < 4.78 is 0. The van der Waals surface area contributed by atoms with E-state index in [0.29, 0.717) is 0 Å². The van der Waals surface area contributed by atoms with Gasteiger partial charge in [0.05, 0.1) is 0 Å². The highest BCUT2D eigenvalue weighted by Crippen LogP contribution is 2.16. The maximum absolute atomic E-state index is 3.62. The summed E-state index contributed by atoms with van der Waals surface area (Å²) >= 11 is 3.62. The van der Waals surface area contributed by atoms with Gasteiger partial charge in [0.1, 0.15) is 0 Å². The molecule has 1 aromatic carbocycles. The van der Waals surface area contributed by atoms with E-state index in [2.05, 4.69) is 72.9 Å². The number of hydrogen-bond donors (Lipinski definition) is 0. The van der Waals surface area contributed by atoms with Gasteiger partial charge in [-0.15, -0.1) is 0 Å². The van der Waals surface area contributed by atoms with Gasteiger partial charge in [0.25, 0.3) is 0 Å². The zero-order valence-electron chi connectivity index (χ0n) is 11.4. The summed E-state index contributed by atoms with van der Waals surface area (Å²) in [5.74, 6) is 1.46. The average molecular weight is 298 g/mol. The number of alkyl halides is 1. The van der Waals surface area contributed by atoms with Crippen molar-refractivity contribution in [3.8, 4) is 0 Å². The van der Waals surface area contributed by atoms with E-state index >= 15 is 0 Å². The Labute approximate surface area is 114 Å². The van der Waals surface area contributed by atoms with Crippen LogP contribution in [0.1, 0.15) is 25.0 Å². The quantitative estimate of drug-likeness (QED) is 0.715.